The molecule has 0 saturated carbocycles. The molecule has 1 fully saturated rings. The first kappa shape index (κ1) is 14.3. The number of amides is 1. The monoisotopic (exact) mass is 323 g/mol. The lowest BCUT2D eigenvalue weighted by molar-refractivity contribution is 0.0707. The molecule has 0 unspecified atom stereocenters. The summed E-state index contributed by atoms with van der Waals surface area (Å²) >= 11 is 1.22. The quantitative estimate of drug-likeness (QED) is 0.722. The van der Waals surface area contributed by atoms with E-state index in [2.05, 4.69) is 52.1 Å². The number of likely N-dealkylation sites (tertiary alicyclic amines) is 1. The number of carbonyl (C=O) groups is 1. The van der Waals surface area contributed by atoms with Gasteiger partial charge in [-0.2, -0.15) is 0 Å². The summed E-state index contributed by atoms with van der Waals surface area (Å²) in [6.45, 7) is 1.56. The van der Waals surface area contributed by atoms with Gasteiger partial charge in [0.25, 0.3) is 5.91 Å². The molecular formula is C18H17N3OS. The molecular weight excluding hydrogens is 306 g/mol. The summed E-state index contributed by atoms with van der Waals surface area (Å²) in [5.74, 6) is 0.522. The number of carbonyl (C=O) groups excluding carboxylic acids is 1. The Labute approximate surface area is 138 Å². The molecule has 0 atom stereocenters. The van der Waals surface area contributed by atoms with Gasteiger partial charge in [-0.05, 0) is 46.6 Å². The number of benzene rings is 2. The Kier molecular flexibility index (Phi) is 3.79. The van der Waals surface area contributed by atoms with Gasteiger partial charge in [0.2, 0.25) is 0 Å². The minimum Gasteiger partial charge on any atom is -0.337 e. The van der Waals surface area contributed by atoms with Crippen LogP contribution in [0.2, 0.25) is 0 Å². The third-order valence-electron chi connectivity index (χ3n) is 4.62. The highest BCUT2D eigenvalue weighted by atomic mass is 32.1. The van der Waals surface area contributed by atoms with E-state index in [9.17, 15) is 4.79 Å². The van der Waals surface area contributed by atoms with Gasteiger partial charge in [-0.15, -0.1) is 5.10 Å². The predicted octanol–water partition coefficient (Wildman–Crippen LogP) is 3.71. The Morgan fingerprint density at radius 3 is 2.65 bits per heavy atom. The van der Waals surface area contributed by atoms with Gasteiger partial charge < -0.3 is 4.90 Å². The van der Waals surface area contributed by atoms with Gasteiger partial charge in [0.1, 0.15) is 0 Å². The highest BCUT2D eigenvalue weighted by molar-refractivity contribution is 7.03. The van der Waals surface area contributed by atoms with Crippen molar-refractivity contribution in [2.24, 2.45) is 0 Å². The molecule has 4 nitrogen and oxygen atoms in total. The molecule has 0 spiro atoms. The summed E-state index contributed by atoms with van der Waals surface area (Å²) < 4.78 is 3.78. The van der Waals surface area contributed by atoms with E-state index in [-0.39, 0.29) is 5.91 Å². The van der Waals surface area contributed by atoms with Crippen molar-refractivity contribution in [3.05, 3.63) is 59.1 Å². The lowest BCUT2D eigenvalue weighted by Crippen LogP contribution is -2.38. The second kappa shape index (κ2) is 6.08. The van der Waals surface area contributed by atoms with Crippen LogP contribution in [0.3, 0.4) is 0 Å². The fourth-order valence-electron chi connectivity index (χ4n) is 3.42. The van der Waals surface area contributed by atoms with Gasteiger partial charge in [0, 0.05) is 18.5 Å². The van der Waals surface area contributed by atoms with Crippen LogP contribution in [0.1, 0.15) is 34.8 Å². The Morgan fingerprint density at radius 1 is 1.09 bits per heavy atom. The summed E-state index contributed by atoms with van der Waals surface area (Å²) in [5.41, 5.74) is 1.88. The van der Waals surface area contributed by atoms with E-state index in [0.29, 0.717) is 11.6 Å². The Bertz CT molecular complexity index is 818. The molecule has 0 radical (unpaired) electrons. The van der Waals surface area contributed by atoms with Crippen molar-refractivity contribution in [3.63, 3.8) is 0 Å². The summed E-state index contributed by atoms with van der Waals surface area (Å²) in [4.78, 5) is 14.2. The predicted molar refractivity (Wildman–Crippen MR) is 91.7 cm³/mol. The van der Waals surface area contributed by atoms with Gasteiger partial charge in [-0.25, -0.2) is 0 Å². The second-order valence-electron chi connectivity index (χ2n) is 5.93. The normalized spacial score (nSPS) is 15.9. The van der Waals surface area contributed by atoms with E-state index in [1.54, 1.807) is 5.38 Å². The first-order valence-electron chi connectivity index (χ1n) is 7.87. The molecule has 1 aliphatic rings. The van der Waals surface area contributed by atoms with E-state index >= 15 is 0 Å². The van der Waals surface area contributed by atoms with Gasteiger partial charge in [-0.3, -0.25) is 4.79 Å². The molecule has 3 aromatic rings. The highest BCUT2D eigenvalue weighted by Crippen LogP contribution is 2.33. The van der Waals surface area contributed by atoms with Crippen LogP contribution in [-0.2, 0) is 0 Å². The van der Waals surface area contributed by atoms with Crippen LogP contribution in [-0.4, -0.2) is 33.5 Å². The molecule has 1 amide bonds. The third-order valence-corrected chi connectivity index (χ3v) is 5.13. The molecule has 116 valence electrons. The minimum atomic E-state index is 0.00937. The fourth-order valence-corrected chi connectivity index (χ4v) is 3.85. The van der Waals surface area contributed by atoms with Crippen LogP contribution in [0.4, 0.5) is 0 Å². The zero-order chi connectivity index (χ0) is 15.6. The molecule has 1 saturated heterocycles. The molecule has 1 aliphatic heterocycles. The Hall–Kier alpha value is -2.27. The number of rotatable bonds is 2. The fraction of sp³-hybridized carbons (Fsp3) is 0.278. The highest BCUT2D eigenvalue weighted by Gasteiger charge is 2.26. The van der Waals surface area contributed by atoms with E-state index in [4.69, 9.17) is 0 Å². The molecule has 0 aliphatic carbocycles. The SMILES string of the molecule is O=C(c1csnn1)N1CCC(c2cccc3ccccc23)CC1. The number of nitrogens with zero attached hydrogens (tertiary/aromatic N) is 3. The van der Waals surface area contributed by atoms with Crippen LogP contribution in [0.25, 0.3) is 10.8 Å². The molecule has 2 aromatic carbocycles. The largest absolute Gasteiger partial charge is 0.337 e. The second-order valence-corrected chi connectivity index (χ2v) is 6.53. The molecule has 23 heavy (non-hydrogen) atoms. The van der Waals surface area contributed by atoms with Crippen molar-refractivity contribution in [3.8, 4) is 0 Å². The summed E-state index contributed by atoms with van der Waals surface area (Å²) in [6, 6.07) is 15.1. The molecule has 0 N–H and O–H groups in total. The molecule has 4 rings (SSSR count). The summed E-state index contributed by atoms with van der Waals surface area (Å²) in [6.07, 6.45) is 1.99. The average molecular weight is 323 g/mol. The maximum atomic E-state index is 12.3. The first-order valence-corrected chi connectivity index (χ1v) is 8.70. The minimum absolute atomic E-state index is 0.00937. The van der Waals surface area contributed by atoms with Gasteiger partial charge in [0.15, 0.2) is 5.69 Å². The van der Waals surface area contributed by atoms with E-state index in [0.717, 1.165) is 25.9 Å². The zero-order valence-electron chi connectivity index (χ0n) is 12.7. The lowest BCUT2D eigenvalue weighted by atomic mass is 9.86. The van der Waals surface area contributed by atoms with Gasteiger partial charge in [0.05, 0.1) is 0 Å². The molecule has 0 bridgehead atoms. The van der Waals surface area contributed by atoms with Crippen LogP contribution in [0.5, 0.6) is 0 Å². The summed E-state index contributed by atoms with van der Waals surface area (Å²) in [7, 11) is 0. The Morgan fingerprint density at radius 2 is 1.87 bits per heavy atom. The number of aromatic nitrogens is 2. The van der Waals surface area contributed by atoms with Crippen LogP contribution < -0.4 is 0 Å². The molecule has 2 heterocycles. The zero-order valence-corrected chi connectivity index (χ0v) is 13.5. The van der Waals surface area contributed by atoms with E-state index < -0.39 is 0 Å². The first-order chi connectivity index (χ1) is 11.3. The van der Waals surface area contributed by atoms with Crippen molar-refractivity contribution in [1.82, 2.24) is 14.5 Å². The third kappa shape index (κ3) is 2.72. The standard InChI is InChI=1S/C18H17N3OS/c22-18(17-12-23-20-19-17)21-10-8-14(9-11-21)16-7-3-5-13-4-1-2-6-15(13)16/h1-7,12,14H,8-11H2. The maximum Gasteiger partial charge on any atom is 0.275 e. The maximum absolute atomic E-state index is 12.3. The van der Waals surface area contributed by atoms with Crippen LogP contribution >= 0.6 is 11.5 Å². The lowest BCUT2D eigenvalue weighted by Gasteiger charge is -2.32. The van der Waals surface area contributed by atoms with E-state index in [1.165, 1.54) is 27.9 Å². The molecule has 1 aromatic heterocycles. The number of hydrogen-bond donors (Lipinski definition) is 0. The van der Waals surface area contributed by atoms with Crippen molar-refractivity contribution in [2.45, 2.75) is 18.8 Å². The van der Waals surface area contributed by atoms with Crippen molar-refractivity contribution < 1.29 is 4.79 Å². The Balaban J connectivity index is 1.52. The van der Waals surface area contributed by atoms with Crippen LogP contribution in [0.15, 0.2) is 47.8 Å². The molecule has 5 heteroatoms. The summed E-state index contributed by atoms with van der Waals surface area (Å²) in [5, 5.41) is 8.23. The number of fused-ring (bicyclic) bond motifs is 1. The number of piperidine rings is 1. The smallest absolute Gasteiger partial charge is 0.275 e. The average Bonchev–Trinajstić information content (AvgIpc) is 3.15. The topological polar surface area (TPSA) is 46.1 Å². The van der Waals surface area contributed by atoms with Gasteiger partial charge in [-0.1, -0.05) is 47.0 Å². The van der Waals surface area contributed by atoms with E-state index in [1.807, 2.05) is 4.90 Å². The number of hydrogen-bond acceptors (Lipinski definition) is 4. The van der Waals surface area contributed by atoms with Crippen LogP contribution in [0, 0.1) is 0 Å². The van der Waals surface area contributed by atoms with Crippen molar-refractivity contribution in [1.29, 1.82) is 0 Å². The van der Waals surface area contributed by atoms with Crippen molar-refractivity contribution >= 4 is 28.2 Å². The van der Waals surface area contributed by atoms with Crippen molar-refractivity contribution in [2.75, 3.05) is 13.1 Å². The van der Waals surface area contributed by atoms with Gasteiger partial charge >= 0.3 is 0 Å².